The van der Waals surface area contributed by atoms with Gasteiger partial charge in [-0.05, 0) is 75.5 Å². The molecule has 0 amide bonds. The second-order valence-corrected chi connectivity index (χ2v) is 10.2. The standard InChI is InChI=1S/C24H34O4/c1-13-14(2)22-19(18-7-6-17(27)12-20(13)18)8-10-23(5)21(22)9-11-24(23,15(3)25)28-16(4)26/h14,18-19,21-22H,6-12H2,1-5H3/t14-,18-,19-,21+,22-,23+,24+/m1/s1. The lowest BCUT2D eigenvalue weighted by molar-refractivity contribution is -0.186. The minimum Gasteiger partial charge on any atom is -0.451 e. The van der Waals surface area contributed by atoms with E-state index < -0.39 is 5.60 Å². The van der Waals surface area contributed by atoms with Crippen LogP contribution in [0.3, 0.4) is 0 Å². The number of fused-ring (bicyclic) bond motifs is 5. The minimum absolute atomic E-state index is 0.00540. The van der Waals surface area contributed by atoms with Crippen LogP contribution in [0.5, 0.6) is 0 Å². The average molecular weight is 387 g/mol. The molecule has 4 nitrogen and oxygen atoms in total. The van der Waals surface area contributed by atoms with Gasteiger partial charge < -0.3 is 4.74 Å². The molecule has 154 valence electrons. The highest BCUT2D eigenvalue weighted by atomic mass is 16.6. The van der Waals surface area contributed by atoms with E-state index >= 15 is 0 Å². The molecule has 0 aromatic rings. The summed E-state index contributed by atoms with van der Waals surface area (Å²) < 4.78 is 5.85. The zero-order valence-electron chi connectivity index (χ0n) is 18.0. The van der Waals surface area contributed by atoms with Crippen LogP contribution >= 0.6 is 0 Å². The van der Waals surface area contributed by atoms with Crippen molar-refractivity contribution in [2.75, 3.05) is 0 Å². The molecule has 0 aromatic carbocycles. The Bertz CT molecular complexity index is 765. The Morgan fingerprint density at radius 2 is 1.82 bits per heavy atom. The van der Waals surface area contributed by atoms with E-state index in [1.165, 1.54) is 18.1 Å². The molecule has 0 bridgehead atoms. The number of hydrogen-bond acceptors (Lipinski definition) is 4. The molecule has 0 saturated heterocycles. The lowest BCUT2D eigenvalue weighted by Crippen LogP contribution is -2.58. The van der Waals surface area contributed by atoms with Crippen LogP contribution in [0.1, 0.15) is 79.6 Å². The van der Waals surface area contributed by atoms with E-state index in [0.29, 0.717) is 54.6 Å². The van der Waals surface area contributed by atoms with Crippen LogP contribution < -0.4 is 0 Å². The number of hydrogen-bond donors (Lipinski definition) is 0. The first-order valence-corrected chi connectivity index (χ1v) is 11.0. The lowest BCUT2D eigenvalue weighted by atomic mass is 9.48. The monoisotopic (exact) mass is 386 g/mol. The zero-order chi connectivity index (χ0) is 20.4. The van der Waals surface area contributed by atoms with Crippen molar-refractivity contribution < 1.29 is 19.1 Å². The van der Waals surface area contributed by atoms with Gasteiger partial charge in [0.15, 0.2) is 11.4 Å². The van der Waals surface area contributed by atoms with Crippen LogP contribution in [0.25, 0.3) is 0 Å². The summed E-state index contributed by atoms with van der Waals surface area (Å²) in [6.45, 7) is 9.78. The molecule has 0 radical (unpaired) electrons. The van der Waals surface area contributed by atoms with Gasteiger partial charge in [0, 0.05) is 25.2 Å². The van der Waals surface area contributed by atoms with Crippen molar-refractivity contribution in [2.45, 2.75) is 85.2 Å². The quantitative estimate of drug-likeness (QED) is 0.512. The van der Waals surface area contributed by atoms with E-state index in [9.17, 15) is 14.4 Å². The van der Waals surface area contributed by atoms with Crippen molar-refractivity contribution in [2.24, 2.45) is 35.0 Å². The Morgan fingerprint density at radius 1 is 1.11 bits per heavy atom. The van der Waals surface area contributed by atoms with Crippen molar-refractivity contribution in [3.05, 3.63) is 11.1 Å². The second-order valence-electron chi connectivity index (χ2n) is 10.2. The largest absolute Gasteiger partial charge is 0.451 e. The van der Waals surface area contributed by atoms with Crippen molar-refractivity contribution in [1.82, 2.24) is 0 Å². The predicted octanol–water partition coefficient (Wildman–Crippen LogP) is 4.66. The van der Waals surface area contributed by atoms with Crippen LogP contribution in [0.2, 0.25) is 0 Å². The normalized spacial score (nSPS) is 45.2. The zero-order valence-corrected chi connectivity index (χ0v) is 18.0. The molecule has 0 heterocycles. The summed E-state index contributed by atoms with van der Waals surface area (Å²) in [5.74, 6) is 2.50. The predicted molar refractivity (Wildman–Crippen MR) is 106 cm³/mol. The third-order valence-electron chi connectivity index (χ3n) is 9.24. The molecular formula is C24H34O4. The van der Waals surface area contributed by atoms with Crippen molar-refractivity contribution >= 4 is 17.5 Å². The topological polar surface area (TPSA) is 60.4 Å². The van der Waals surface area contributed by atoms with Gasteiger partial charge in [0.2, 0.25) is 0 Å². The first-order valence-electron chi connectivity index (χ1n) is 11.0. The summed E-state index contributed by atoms with van der Waals surface area (Å²) in [7, 11) is 0. The maximum absolute atomic E-state index is 12.8. The third kappa shape index (κ3) is 2.52. The fourth-order valence-electron chi connectivity index (χ4n) is 7.88. The average Bonchev–Trinajstić information content (AvgIpc) is 2.92. The van der Waals surface area contributed by atoms with Gasteiger partial charge in [-0.25, -0.2) is 0 Å². The first-order chi connectivity index (χ1) is 13.1. The SMILES string of the molecule is CC(=O)O[C@]1(C(C)=O)CC[C@H]2[C@H]3[C@H](CC[C@@]21C)[C@H]1CCC(=O)CC1=C(C)[C@H]3C. The molecule has 0 unspecified atom stereocenters. The molecule has 28 heavy (non-hydrogen) atoms. The van der Waals surface area contributed by atoms with Gasteiger partial charge >= 0.3 is 5.97 Å². The Morgan fingerprint density at radius 3 is 2.46 bits per heavy atom. The Balaban J connectivity index is 1.75. The van der Waals surface area contributed by atoms with Crippen molar-refractivity contribution in [3.63, 3.8) is 0 Å². The first kappa shape index (κ1) is 19.8. The van der Waals surface area contributed by atoms with Gasteiger partial charge in [-0.15, -0.1) is 0 Å². The van der Waals surface area contributed by atoms with Crippen molar-refractivity contribution in [1.29, 1.82) is 0 Å². The summed E-state index contributed by atoms with van der Waals surface area (Å²) in [4.78, 5) is 36.8. The molecule has 4 aliphatic rings. The highest BCUT2D eigenvalue weighted by Gasteiger charge is 2.67. The summed E-state index contributed by atoms with van der Waals surface area (Å²) in [5.41, 5.74) is 1.58. The van der Waals surface area contributed by atoms with E-state index in [4.69, 9.17) is 4.74 Å². The van der Waals surface area contributed by atoms with Crippen LogP contribution in [-0.2, 0) is 19.1 Å². The third-order valence-corrected chi connectivity index (χ3v) is 9.24. The summed E-state index contributed by atoms with van der Waals surface area (Å²) in [6, 6.07) is 0. The van der Waals surface area contributed by atoms with Gasteiger partial charge in [0.25, 0.3) is 0 Å². The minimum atomic E-state index is -0.964. The number of esters is 1. The maximum Gasteiger partial charge on any atom is 0.303 e. The molecule has 0 aliphatic heterocycles. The van der Waals surface area contributed by atoms with E-state index in [1.54, 1.807) is 6.92 Å². The Hall–Kier alpha value is -1.45. The van der Waals surface area contributed by atoms with Gasteiger partial charge in [0.05, 0.1) is 0 Å². The fourth-order valence-corrected chi connectivity index (χ4v) is 7.88. The number of ketones is 2. The molecule has 0 aromatic heterocycles. The van der Waals surface area contributed by atoms with E-state index in [0.717, 1.165) is 25.7 Å². The Labute approximate surface area is 168 Å². The molecule has 4 heteroatoms. The van der Waals surface area contributed by atoms with Gasteiger partial charge in [-0.2, -0.15) is 0 Å². The van der Waals surface area contributed by atoms with Crippen LogP contribution in [0, 0.1) is 35.0 Å². The molecular weight excluding hydrogens is 352 g/mol. The molecule has 7 atom stereocenters. The van der Waals surface area contributed by atoms with Crippen molar-refractivity contribution in [3.8, 4) is 0 Å². The number of allylic oxidation sites excluding steroid dienone is 2. The Kier molecular flexibility index (Phi) is 4.63. The maximum atomic E-state index is 12.8. The molecule has 3 fully saturated rings. The second kappa shape index (κ2) is 6.53. The number of carbonyl (C=O) groups excluding carboxylic acids is 3. The summed E-state index contributed by atoms with van der Waals surface area (Å²) in [6.07, 6.45) is 5.94. The van der Waals surface area contributed by atoms with Gasteiger partial charge in [0.1, 0.15) is 5.78 Å². The number of rotatable bonds is 2. The van der Waals surface area contributed by atoms with E-state index in [2.05, 4.69) is 20.8 Å². The van der Waals surface area contributed by atoms with Gasteiger partial charge in [-0.1, -0.05) is 25.0 Å². The summed E-state index contributed by atoms with van der Waals surface area (Å²) >= 11 is 0. The smallest absolute Gasteiger partial charge is 0.303 e. The summed E-state index contributed by atoms with van der Waals surface area (Å²) in [5, 5.41) is 0. The highest BCUT2D eigenvalue weighted by Crippen LogP contribution is 2.67. The van der Waals surface area contributed by atoms with E-state index in [1.807, 2.05) is 0 Å². The molecule has 4 aliphatic carbocycles. The van der Waals surface area contributed by atoms with Crippen LogP contribution in [0.4, 0.5) is 0 Å². The molecule has 3 saturated carbocycles. The number of ether oxygens (including phenoxy) is 1. The fraction of sp³-hybridized carbons (Fsp3) is 0.792. The molecule has 4 rings (SSSR count). The molecule has 0 spiro atoms. The highest BCUT2D eigenvalue weighted by molar-refractivity contribution is 5.89. The lowest BCUT2D eigenvalue weighted by Gasteiger charge is -2.57. The van der Waals surface area contributed by atoms with E-state index in [-0.39, 0.29) is 17.2 Å². The number of carbonyl (C=O) groups is 3. The van der Waals surface area contributed by atoms with Crippen LogP contribution in [0.15, 0.2) is 11.1 Å². The van der Waals surface area contributed by atoms with Crippen LogP contribution in [-0.4, -0.2) is 23.1 Å². The number of Topliss-reactive ketones (excluding diaryl/α,β-unsaturated/α-hetero) is 2. The van der Waals surface area contributed by atoms with Gasteiger partial charge in [-0.3, -0.25) is 14.4 Å². The molecule has 0 N–H and O–H groups in total.